The maximum Gasteiger partial charge on any atom is 0.419 e. The van der Waals surface area contributed by atoms with Crippen LogP contribution in [0, 0.1) is 0 Å². The van der Waals surface area contributed by atoms with Gasteiger partial charge in [-0.3, -0.25) is 9.36 Å². The van der Waals surface area contributed by atoms with E-state index in [1.165, 1.54) is 4.57 Å². The number of halogens is 1. The molecule has 1 amide bonds. The predicted octanol–water partition coefficient (Wildman–Crippen LogP) is 3.62. The van der Waals surface area contributed by atoms with Gasteiger partial charge in [-0.05, 0) is 30.7 Å². The van der Waals surface area contributed by atoms with E-state index in [1.54, 1.807) is 6.07 Å². The van der Waals surface area contributed by atoms with Crippen LogP contribution >= 0.6 is 15.9 Å². The molecule has 0 bridgehead atoms. The van der Waals surface area contributed by atoms with Crippen molar-refractivity contribution in [2.45, 2.75) is 25.9 Å². The van der Waals surface area contributed by atoms with Crippen LogP contribution in [0.15, 0.2) is 62.2 Å². The molecule has 3 rings (SSSR count). The highest BCUT2D eigenvalue weighted by atomic mass is 79.9. The largest absolute Gasteiger partial charge is 0.419 e. The van der Waals surface area contributed by atoms with Crippen molar-refractivity contribution in [1.82, 2.24) is 9.88 Å². The normalized spacial score (nSPS) is 12.2. The fourth-order valence-electron chi connectivity index (χ4n) is 2.66. The summed E-state index contributed by atoms with van der Waals surface area (Å²) in [6, 6.07) is 14.8. The number of aromatic nitrogens is 1. The lowest BCUT2D eigenvalue weighted by Crippen LogP contribution is -2.28. The van der Waals surface area contributed by atoms with Crippen molar-refractivity contribution in [3.8, 4) is 0 Å². The molecule has 1 heterocycles. The molecule has 0 aliphatic heterocycles. The number of oxazole rings is 1. The van der Waals surface area contributed by atoms with Gasteiger partial charge in [0.25, 0.3) is 0 Å². The van der Waals surface area contributed by atoms with Gasteiger partial charge in [0, 0.05) is 17.4 Å². The van der Waals surface area contributed by atoms with Gasteiger partial charge in [-0.2, -0.15) is 0 Å². The molecule has 0 spiro atoms. The van der Waals surface area contributed by atoms with E-state index in [0.717, 1.165) is 10.0 Å². The Morgan fingerprint density at radius 3 is 2.71 bits per heavy atom. The highest BCUT2D eigenvalue weighted by molar-refractivity contribution is 9.10. The molecular formula is C18H17BrN2O3. The summed E-state index contributed by atoms with van der Waals surface area (Å²) in [5.41, 5.74) is 2.25. The number of rotatable bonds is 5. The second-order valence-corrected chi connectivity index (χ2v) is 6.40. The molecule has 1 atom stereocenters. The van der Waals surface area contributed by atoms with Gasteiger partial charge in [-0.15, -0.1) is 0 Å². The molecule has 0 radical (unpaired) electrons. The van der Waals surface area contributed by atoms with Crippen molar-refractivity contribution in [2.75, 3.05) is 0 Å². The molecule has 0 aliphatic carbocycles. The van der Waals surface area contributed by atoms with Crippen LogP contribution in [-0.2, 0) is 11.3 Å². The number of amides is 1. The highest BCUT2D eigenvalue weighted by Gasteiger charge is 2.14. The summed E-state index contributed by atoms with van der Waals surface area (Å²) in [7, 11) is 0. The Balaban J connectivity index is 1.66. The fraction of sp³-hybridized carbons (Fsp3) is 0.222. The zero-order chi connectivity index (χ0) is 17.1. The molecular weight excluding hydrogens is 372 g/mol. The average Bonchev–Trinajstić information content (AvgIpc) is 2.88. The quantitative estimate of drug-likeness (QED) is 0.725. The second kappa shape index (κ2) is 7.05. The zero-order valence-electron chi connectivity index (χ0n) is 13.2. The standard InChI is InChI=1S/C18H17BrN2O3/c1-12(13-6-2-3-7-14(13)19)20-17(22)10-11-21-15-8-4-5-9-16(15)24-18(21)23/h2-9,12H,10-11H2,1H3,(H,20,22). The molecule has 1 aromatic heterocycles. The summed E-state index contributed by atoms with van der Waals surface area (Å²) in [5.74, 6) is -0.557. The van der Waals surface area contributed by atoms with Crippen LogP contribution in [0.2, 0.25) is 0 Å². The Kier molecular flexibility index (Phi) is 4.85. The van der Waals surface area contributed by atoms with Crippen molar-refractivity contribution in [2.24, 2.45) is 0 Å². The monoisotopic (exact) mass is 388 g/mol. The average molecular weight is 389 g/mol. The van der Waals surface area contributed by atoms with Gasteiger partial charge >= 0.3 is 5.76 Å². The SMILES string of the molecule is CC(NC(=O)CCn1c(=O)oc2ccccc21)c1ccccc1Br. The van der Waals surface area contributed by atoms with Crippen LogP contribution in [0.4, 0.5) is 0 Å². The molecule has 0 saturated heterocycles. The lowest BCUT2D eigenvalue weighted by Gasteiger charge is -2.15. The molecule has 1 N–H and O–H groups in total. The lowest BCUT2D eigenvalue weighted by atomic mass is 10.1. The van der Waals surface area contributed by atoms with E-state index in [-0.39, 0.29) is 24.9 Å². The first-order chi connectivity index (χ1) is 11.6. The third-order valence-corrected chi connectivity index (χ3v) is 4.61. The third kappa shape index (κ3) is 3.43. The summed E-state index contributed by atoms with van der Waals surface area (Å²) < 4.78 is 7.60. The van der Waals surface area contributed by atoms with Gasteiger partial charge in [0.05, 0.1) is 11.6 Å². The highest BCUT2D eigenvalue weighted by Crippen LogP contribution is 2.22. The molecule has 5 nitrogen and oxygen atoms in total. The summed E-state index contributed by atoms with van der Waals surface area (Å²) in [6.07, 6.45) is 0.207. The number of carbonyl (C=O) groups excluding carboxylic acids is 1. The Bertz CT molecular complexity index is 929. The van der Waals surface area contributed by atoms with Crippen LogP contribution in [0.3, 0.4) is 0 Å². The number of carbonyl (C=O) groups is 1. The van der Waals surface area contributed by atoms with Gasteiger partial charge in [-0.1, -0.05) is 46.3 Å². The first-order valence-corrected chi connectivity index (χ1v) is 8.47. The zero-order valence-corrected chi connectivity index (χ0v) is 14.7. The van der Waals surface area contributed by atoms with Crippen molar-refractivity contribution < 1.29 is 9.21 Å². The minimum Gasteiger partial charge on any atom is -0.408 e. The van der Waals surface area contributed by atoms with Crippen molar-refractivity contribution in [1.29, 1.82) is 0 Å². The van der Waals surface area contributed by atoms with Gasteiger partial charge < -0.3 is 9.73 Å². The van der Waals surface area contributed by atoms with Crippen LogP contribution in [0.1, 0.15) is 24.9 Å². The van der Waals surface area contributed by atoms with Gasteiger partial charge in [0.15, 0.2) is 5.58 Å². The fourth-order valence-corrected chi connectivity index (χ4v) is 3.28. The predicted molar refractivity (Wildman–Crippen MR) is 95.8 cm³/mol. The molecule has 24 heavy (non-hydrogen) atoms. The second-order valence-electron chi connectivity index (χ2n) is 5.55. The summed E-state index contributed by atoms with van der Waals surface area (Å²) in [6.45, 7) is 2.21. The number of hydrogen-bond acceptors (Lipinski definition) is 3. The van der Waals surface area contributed by atoms with Crippen LogP contribution < -0.4 is 11.1 Å². The van der Waals surface area contributed by atoms with E-state index in [4.69, 9.17) is 4.42 Å². The molecule has 1 unspecified atom stereocenters. The molecule has 0 aliphatic rings. The number of aryl methyl sites for hydroxylation is 1. The molecule has 124 valence electrons. The van der Waals surface area contributed by atoms with Gasteiger partial charge in [0.2, 0.25) is 5.91 Å². The van der Waals surface area contributed by atoms with E-state index in [0.29, 0.717) is 11.1 Å². The Labute approximate surface area is 147 Å². The van der Waals surface area contributed by atoms with Crippen molar-refractivity contribution in [3.05, 3.63) is 69.1 Å². The number of hydrogen-bond donors (Lipinski definition) is 1. The van der Waals surface area contributed by atoms with E-state index < -0.39 is 5.76 Å². The molecule has 2 aromatic carbocycles. The molecule has 6 heteroatoms. The first-order valence-electron chi connectivity index (χ1n) is 7.68. The lowest BCUT2D eigenvalue weighted by molar-refractivity contribution is -0.121. The Morgan fingerprint density at radius 1 is 1.21 bits per heavy atom. The Morgan fingerprint density at radius 2 is 1.92 bits per heavy atom. The Hall–Kier alpha value is -2.34. The summed E-state index contributed by atoms with van der Waals surface area (Å²) in [4.78, 5) is 24.1. The van der Waals surface area contributed by atoms with Crippen LogP contribution in [0.25, 0.3) is 11.1 Å². The minimum atomic E-state index is -0.442. The molecule has 0 fully saturated rings. The van der Waals surface area contributed by atoms with E-state index in [9.17, 15) is 9.59 Å². The summed E-state index contributed by atoms with van der Waals surface area (Å²) >= 11 is 3.48. The van der Waals surface area contributed by atoms with Gasteiger partial charge in [0.1, 0.15) is 0 Å². The molecule has 3 aromatic rings. The number of benzene rings is 2. The number of nitrogens with zero attached hydrogens (tertiary/aromatic N) is 1. The number of fused-ring (bicyclic) bond motifs is 1. The van der Waals surface area contributed by atoms with Gasteiger partial charge in [-0.25, -0.2) is 4.79 Å². The van der Waals surface area contributed by atoms with Crippen molar-refractivity contribution in [3.63, 3.8) is 0 Å². The van der Waals surface area contributed by atoms with E-state index >= 15 is 0 Å². The maximum atomic E-state index is 12.2. The topological polar surface area (TPSA) is 64.2 Å². The third-order valence-electron chi connectivity index (χ3n) is 3.89. The summed E-state index contributed by atoms with van der Waals surface area (Å²) in [5, 5.41) is 2.95. The van der Waals surface area contributed by atoms with E-state index in [1.807, 2.05) is 49.4 Å². The van der Waals surface area contributed by atoms with Crippen LogP contribution in [-0.4, -0.2) is 10.5 Å². The number of para-hydroxylation sites is 2. The smallest absolute Gasteiger partial charge is 0.408 e. The van der Waals surface area contributed by atoms with Crippen molar-refractivity contribution >= 4 is 32.9 Å². The van der Waals surface area contributed by atoms with E-state index in [2.05, 4.69) is 21.2 Å². The minimum absolute atomic E-state index is 0.115. The first kappa shape index (κ1) is 16.5. The van der Waals surface area contributed by atoms with Crippen LogP contribution in [0.5, 0.6) is 0 Å². The molecule has 0 saturated carbocycles. The number of nitrogens with one attached hydrogen (secondary N) is 1. The maximum absolute atomic E-state index is 12.2.